The maximum absolute atomic E-state index is 14.4. The topological polar surface area (TPSA) is 143 Å². The normalized spacial score (nSPS) is 22.1. The van der Waals surface area contributed by atoms with E-state index in [9.17, 15) is 18.3 Å². The Bertz CT molecular complexity index is 1660. The van der Waals surface area contributed by atoms with Gasteiger partial charge in [-0.25, -0.2) is 18.1 Å². The molecule has 1 aliphatic heterocycles. The van der Waals surface area contributed by atoms with Gasteiger partial charge in [-0.15, -0.1) is 0 Å². The smallest absolute Gasteiger partial charge is 0.264 e. The van der Waals surface area contributed by atoms with Crippen molar-refractivity contribution >= 4 is 21.9 Å². The van der Waals surface area contributed by atoms with E-state index in [1.54, 1.807) is 18.2 Å². The Balaban J connectivity index is 1.58. The monoisotopic (exact) mass is 651 g/mol. The van der Waals surface area contributed by atoms with Crippen molar-refractivity contribution < 1.29 is 27.8 Å². The van der Waals surface area contributed by atoms with Crippen molar-refractivity contribution in [1.82, 2.24) is 20.2 Å². The Morgan fingerprint density at radius 1 is 1.09 bits per heavy atom. The number of aryl methyl sites for hydroxylation is 2. The van der Waals surface area contributed by atoms with Crippen LogP contribution in [-0.4, -0.2) is 71.5 Å². The van der Waals surface area contributed by atoms with Gasteiger partial charge in [0.2, 0.25) is 18.2 Å². The number of sulfonamides is 1. The minimum absolute atomic E-state index is 0.0624. The second-order valence-corrected chi connectivity index (χ2v) is 15.5. The van der Waals surface area contributed by atoms with E-state index in [1.807, 2.05) is 50.8 Å². The van der Waals surface area contributed by atoms with Crippen molar-refractivity contribution in [2.45, 2.75) is 103 Å². The van der Waals surface area contributed by atoms with Gasteiger partial charge in [-0.1, -0.05) is 45.0 Å². The summed E-state index contributed by atoms with van der Waals surface area (Å²) in [7, 11) is -4.16. The number of carbonyl (C=O) groups excluding carboxylic acids is 1. The van der Waals surface area contributed by atoms with Crippen molar-refractivity contribution in [3.05, 3.63) is 65.2 Å². The number of fused-ring (bicyclic) bond motifs is 4. The van der Waals surface area contributed by atoms with Crippen LogP contribution in [0.5, 0.6) is 5.88 Å². The summed E-state index contributed by atoms with van der Waals surface area (Å²) in [4.78, 5) is 25.2. The van der Waals surface area contributed by atoms with Crippen molar-refractivity contribution in [3.63, 3.8) is 0 Å². The van der Waals surface area contributed by atoms with E-state index in [-0.39, 0.29) is 64.4 Å². The molecule has 1 amide bonds. The molecule has 0 spiro atoms. The first-order valence-corrected chi connectivity index (χ1v) is 17.2. The number of nitrogens with one attached hydrogen (secondary N) is 2. The molecule has 12 heteroatoms. The Kier molecular flexibility index (Phi) is 9.74. The molecule has 2 aliphatic rings. The third-order valence-electron chi connectivity index (χ3n) is 8.24. The van der Waals surface area contributed by atoms with Crippen LogP contribution in [-0.2, 0) is 14.8 Å². The van der Waals surface area contributed by atoms with Crippen LogP contribution < -0.4 is 14.8 Å². The number of anilines is 1. The van der Waals surface area contributed by atoms with Gasteiger partial charge in [-0.05, 0) is 81.7 Å². The molecule has 0 saturated heterocycles. The zero-order chi connectivity index (χ0) is 33.4. The van der Waals surface area contributed by atoms with Gasteiger partial charge < -0.3 is 19.5 Å². The Morgan fingerprint density at radius 2 is 1.76 bits per heavy atom. The van der Waals surface area contributed by atoms with Gasteiger partial charge in [0.1, 0.15) is 6.61 Å². The van der Waals surface area contributed by atoms with Gasteiger partial charge in [0.05, 0.1) is 22.7 Å². The minimum atomic E-state index is -4.16. The number of amides is 1. The van der Waals surface area contributed by atoms with Crippen LogP contribution in [0.15, 0.2) is 53.4 Å². The largest absolute Gasteiger partial charge is 0.475 e. The fraction of sp³-hybridized carbons (Fsp3) is 0.500. The lowest BCUT2D eigenvalue weighted by molar-refractivity contribution is -0.155. The lowest BCUT2D eigenvalue weighted by atomic mass is 9.81. The maximum atomic E-state index is 14.4. The van der Waals surface area contributed by atoms with Crippen molar-refractivity contribution in [2.75, 3.05) is 11.3 Å². The molecule has 2 aromatic carbocycles. The van der Waals surface area contributed by atoms with Gasteiger partial charge in [-0.2, -0.15) is 4.98 Å². The maximum Gasteiger partial charge on any atom is 0.264 e. The first-order valence-electron chi connectivity index (χ1n) is 15.7. The molecule has 3 aromatic rings. The highest BCUT2D eigenvalue weighted by atomic mass is 32.2. The van der Waals surface area contributed by atoms with Crippen LogP contribution in [0.4, 0.5) is 5.95 Å². The highest BCUT2D eigenvalue weighted by Crippen LogP contribution is 2.35. The SMILES string of the molecule is Cc1cccc(C)c1-c1cc2nc(n1)NS(=O)(=O)c1cccc(c1)C(=O)N([C@H]1C[C@@H](NC(O)OC(C)C)C1)[C@H](CC(C)(C)C)CO2. The molecule has 0 radical (unpaired) electrons. The molecule has 1 aliphatic carbocycles. The lowest BCUT2D eigenvalue weighted by Crippen LogP contribution is -2.60. The summed E-state index contributed by atoms with van der Waals surface area (Å²) in [6.07, 6.45) is 0.517. The number of hydrogen-bond acceptors (Lipinski definition) is 9. The fourth-order valence-electron chi connectivity index (χ4n) is 6.22. The van der Waals surface area contributed by atoms with Crippen LogP contribution in [0.3, 0.4) is 0 Å². The number of benzene rings is 2. The highest BCUT2D eigenvalue weighted by molar-refractivity contribution is 7.92. The summed E-state index contributed by atoms with van der Waals surface area (Å²) in [5, 5.41) is 13.4. The zero-order valence-electron chi connectivity index (χ0n) is 27.6. The first-order chi connectivity index (χ1) is 21.6. The molecule has 3 N–H and O–H groups in total. The van der Waals surface area contributed by atoms with Crippen molar-refractivity contribution in [3.8, 4) is 17.1 Å². The number of rotatable bonds is 7. The summed E-state index contributed by atoms with van der Waals surface area (Å²) in [6, 6.07) is 13.1. The Hall–Kier alpha value is -3.58. The Morgan fingerprint density at radius 3 is 2.41 bits per heavy atom. The van der Waals surface area contributed by atoms with Crippen LogP contribution in [0.1, 0.15) is 75.4 Å². The summed E-state index contributed by atoms with van der Waals surface area (Å²) < 4.78 is 41.6. The predicted octanol–water partition coefficient (Wildman–Crippen LogP) is 5.02. The fourth-order valence-corrected chi connectivity index (χ4v) is 7.21. The van der Waals surface area contributed by atoms with Crippen LogP contribution in [0.25, 0.3) is 11.3 Å². The summed E-state index contributed by atoms with van der Waals surface area (Å²) in [5.74, 6) is -0.208. The molecule has 4 bridgehead atoms. The van der Waals surface area contributed by atoms with Crippen molar-refractivity contribution in [2.24, 2.45) is 5.41 Å². The van der Waals surface area contributed by atoms with Crippen molar-refractivity contribution in [1.29, 1.82) is 0 Å². The van der Waals surface area contributed by atoms with E-state index in [4.69, 9.17) is 9.47 Å². The third kappa shape index (κ3) is 7.86. The van der Waals surface area contributed by atoms with E-state index in [1.165, 1.54) is 12.1 Å². The van der Waals surface area contributed by atoms with E-state index >= 15 is 0 Å². The van der Waals surface area contributed by atoms with Crippen LogP contribution in [0, 0.1) is 19.3 Å². The Labute approximate surface area is 271 Å². The summed E-state index contributed by atoms with van der Waals surface area (Å²) >= 11 is 0. The number of aliphatic hydroxyl groups excluding tert-OH is 1. The second-order valence-electron chi connectivity index (χ2n) is 13.8. The van der Waals surface area contributed by atoms with Gasteiger partial charge in [-0.3, -0.25) is 10.1 Å². The van der Waals surface area contributed by atoms with Gasteiger partial charge >= 0.3 is 0 Å². The lowest BCUT2D eigenvalue weighted by Gasteiger charge is -2.48. The summed E-state index contributed by atoms with van der Waals surface area (Å²) in [6.45, 7) is 14.1. The second kappa shape index (κ2) is 13.3. The molecule has 5 rings (SSSR count). The molecule has 1 saturated carbocycles. The molecule has 11 nitrogen and oxygen atoms in total. The van der Waals surface area contributed by atoms with Gasteiger partial charge in [0, 0.05) is 29.3 Å². The van der Waals surface area contributed by atoms with Crippen LogP contribution in [0.2, 0.25) is 0 Å². The average Bonchev–Trinajstić information content (AvgIpc) is 2.92. The van der Waals surface area contributed by atoms with Crippen LogP contribution >= 0.6 is 0 Å². The van der Waals surface area contributed by atoms with E-state index in [2.05, 4.69) is 40.8 Å². The number of carbonyl (C=O) groups is 1. The molecule has 2 atom stereocenters. The van der Waals surface area contributed by atoms with E-state index in [0.717, 1.165) is 16.7 Å². The summed E-state index contributed by atoms with van der Waals surface area (Å²) in [5.41, 5.74) is 3.42. The molecule has 1 fully saturated rings. The van der Waals surface area contributed by atoms with E-state index < -0.39 is 16.4 Å². The van der Waals surface area contributed by atoms with Gasteiger partial charge in [0.15, 0.2) is 0 Å². The standard InChI is InChI=1S/C34H45N5O6S/c1-20(2)45-33(41)35-24-15-25(16-24)39-26(18-34(5,6)7)19-44-29-17-28(30-21(3)10-8-11-22(30)4)36-32(37-29)38-46(42,43)27-13-9-12-23(14-27)31(39)40/h8-14,17,20,24-26,33,35,41H,15-16,18-19H2,1-7H3,(H,36,37,38)/t24-,25+,26-,33?/m1/s1. The quantitative estimate of drug-likeness (QED) is 0.300. The third-order valence-corrected chi connectivity index (χ3v) is 9.57. The number of ether oxygens (including phenoxy) is 2. The molecule has 2 heterocycles. The molecule has 46 heavy (non-hydrogen) atoms. The number of nitrogens with zero attached hydrogens (tertiary/aromatic N) is 3. The molecule has 248 valence electrons. The van der Waals surface area contributed by atoms with Gasteiger partial charge in [0.25, 0.3) is 15.9 Å². The molecular weight excluding hydrogens is 606 g/mol. The number of hydrogen-bond donors (Lipinski definition) is 3. The van der Waals surface area contributed by atoms with E-state index in [0.29, 0.717) is 25.0 Å². The first kappa shape index (κ1) is 33.8. The number of aliphatic hydroxyl groups is 1. The zero-order valence-corrected chi connectivity index (χ0v) is 28.4. The molecular formula is C34H45N5O6S. The predicted molar refractivity (Wildman–Crippen MR) is 176 cm³/mol. The number of aromatic nitrogens is 2. The highest BCUT2D eigenvalue weighted by Gasteiger charge is 2.42. The molecule has 1 aromatic heterocycles. The molecule has 1 unspecified atom stereocenters. The average molecular weight is 652 g/mol. The minimum Gasteiger partial charge on any atom is -0.475 e.